The summed E-state index contributed by atoms with van der Waals surface area (Å²) in [4.78, 5) is 15.7. The molecule has 0 aliphatic carbocycles. The third-order valence-corrected chi connectivity index (χ3v) is 7.71. The number of methoxy groups -OCH3 is 1. The number of carbonyl (C=O) groups is 1. The maximum Gasteiger partial charge on any atom is 0.409 e. The smallest absolute Gasteiger partial charge is 0.409 e. The minimum atomic E-state index is -4.47. The van der Waals surface area contributed by atoms with Gasteiger partial charge in [-0.1, -0.05) is 76.2 Å². The first kappa shape index (κ1) is 28.2. The Labute approximate surface area is 231 Å². The Hall–Kier alpha value is -3.78. The molecule has 3 aromatic carbocycles. The van der Waals surface area contributed by atoms with Crippen LogP contribution in [0.4, 0.5) is 5.69 Å². The molecule has 1 aliphatic heterocycles. The van der Waals surface area contributed by atoms with Crippen LogP contribution < -0.4 is 18.5 Å². The molecule has 0 saturated carbocycles. The van der Waals surface area contributed by atoms with E-state index in [9.17, 15) is 13.2 Å². The highest BCUT2D eigenvalue weighted by Crippen LogP contribution is 2.36. The van der Waals surface area contributed by atoms with E-state index >= 15 is 0 Å². The molecule has 0 unspecified atom stereocenters. The van der Waals surface area contributed by atoms with Gasteiger partial charge < -0.3 is 13.8 Å². The maximum atomic E-state index is 13.7. The number of anilines is 1. The zero-order valence-electron chi connectivity index (χ0n) is 23.1. The SMILES string of the molecule is COc1cccc(C2=C(C(=O)NS(=O)(=O)Oc3c(C(C)C)cccc3C(C)C)CN(c3ccccc3)CC2)c1. The molecule has 1 N–H and O–H groups in total. The number of benzene rings is 3. The molecule has 0 aromatic heterocycles. The highest BCUT2D eigenvalue weighted by Gasteiger charge is 2.29. The van der Waals surface area contributed by atoms with Gasteiger partial charge in [0.2, 0.25) is 0 Å². The molecule has 0 radical (unpaired) electrons. The lowest BCUT2D eigenvalue weighted by Crippen LogP contribution is -2.41. The first-order valence-electron chi connectivity index (χ1n) is 13.2. The molecule has 0 saturated heterocycles. The van der Waals surface area contributed by atoms with E-state index in [2.05, 4.69) is 9.62 Å². The molecule has 0 atom stereocenters. The molecule has 39 heavy (non-hydrogen) atoms. The quantitative estimate of drug-likeness (QED) is 0.351. The van der Waals surface area contributed by atoms with Crippen LogP contribution in [-0.2, 0) is 15.1 Å². The second kappa shape index (κ2) is 11.9. The molecule has 7 nitrogen and oxygen atoms in total. The van der Waals surface area contributed by atoms with Crippen LogP contribution in [0.3, 0.4) is 0 Å². The highest BCUT2D eigenvalue weighted by atomic mass is 32.2. The molecule has 8 heteroatoms. The third kappa shape index (κ3) is 6.63. The van der Waals surface area contributed by atoms with E-state index in [4.69, 9.17) is 8.92 Å². The highest BCUT2D eigenvalue weighted by molar-refractivity contribution is 7.85. The topological polar surface area (TPSA) is 84.9 Å². The zero-order valence-corrected chi connectivity index (χ0v) is 23.9. The summed E-state index contributed by atoms with van der Waals surface area (Å²) in [6.07, 6.45) is 0.555. The van der Waals surface area contributed by atoms with Gasteiger partial charge in [-0.25, -0.2) is 4.72 Å². The van der Waals surface area contributed by atoms with Gasteiger partial charge in [0.05, 0.1) is 7.11 Å². The number of ether oxygens (including phenoxy) is 1. The Morgan fingerprint density at radius 2 is 1.54 bits per heavy atom. The second-order valence-electron chi connectivity index (χ2n) is 10.2. The summed E-state index contributed by atoms with van der Waals surface area (Å²) in [5.74, 6) is 0.295. The lowest BCUT2D eigenvalue weighted by molar-refractivity contribution is -0.115. The third-order valence-electron chi connectivity index (χ3n) is 6.89. The van der Waals surface area contributed by atoms with Crippen molar-refractivity contribution in [3.05, 3.63) is 95.1 Å². The molecule has 0 spiro atoms. The number of hydrogen-bond acceptors (Lipinski definition) is 6. The number of amides is 1. The van der Waals surface area contributed by atoms with Crippen molar-refractivity contribution in [3.63, 3.8) is 0 Å². The van der Waals surface area contributed by atoms with Crippen LogP contribution in [0.2, 0.25) is 0 Å². The van der Waals surface area contributed by atoms with Crippen molar-refractivity contribution >= 4 is 27.5 Å². The van der Waals surface area contributed by atoms with E-state index in [1.807, 2.05) is 100 Å². The summed E-state index contributed by atoms with van der Waals surface area (Å²) >= 11 is 0. The molecule has 1 heterocycles. The largest absolute Gasteiger partial charge is 0.497 e. The van der Waals surface area contributed by atoms with Crippen molar-refractivity contribution in [1.82, 2.24) is 4.72 Å². The minimum Gasteiger partial charge on any atom is -0.497 e. The lowest BCUT2D eigenvalue weighted by Gasteiger charge is -2.32. The molecule has 1 amide bonds. The average molecular weight is 549 g/mol. The molecule has 1 aliphatic rings. The average Bonchev–Trinajstić information content (AvgIpc) is 2.92. The van der Waals surface area contributed by atoms with Gasteiger partial charge in [-0.15, -0.1) is 0 Å². The van der Waals surface area contributed by atoms with E-state index in [0.717, 1.165) is 28.0 Å². The van der Waals surface area contributed by atoms with Gasteiger partial charge in [0.25, 0.3) is 5.91 Å². The van der Waals surface area contributed by atoms with Crippen molar-refractivity contribution in [2.75, 3.05) is 25.1 Å². The van der Waals surface area contributed by atoms with E-state index in [-0.39, 0.29) is 24.1 Å². The zero-order chi connectivity index (χ0) is 28.2. The van der Waals surface area contributed by atoms with Crippen molar-refractivity contribution in [3.8, 4) is 11.5 Å². The van der Waals surface area contributed by atoms with Gasteiger partial charge in [-0.05, 0) is 64.8 Å². The molecule has 0 bridgehead atoms. The number of nitrogens with one attached hydrogen (secondary N) is 1. The Balaban J connectivity index is 1.70. The number of carbonyl (C=O) groups excluding carboxylic acids is 1. The summed E-state index contributed by atoms with van der Waals surface area (Å²) in [6, 6.07) is 22.8. The maximum absolute atomic E-state index is 13.7. The van der Waals surface area contributed by atoms with Crippen LogP contribution in [0.25, 0.3) is 5.57 Å². The normalized spacial score (nSPS) is 14.1. The Morgan fingerprint density at radius 3 is 2.15 bits per heavy atom. The first-order chi connectivity index (χ1) is 18.6. The number of nitrogens with zero attached hydrogens (tertiary/aromatic N) is 1. The second-order valence-corrected chi connectivity index (χ2v) is 11.5. The number of rotatable bonds is 9. The summed E-state index contributed by atoms with van der Waals surface area (Å²) in [7, 11) is -2.89. The van der Waals surface area contributed by atoms with Gasteiger partial charge in [-0.3, -0.25) is 4.79 Å². The van der Waals surface area contributed by atoms with Crippen molar-refractivity contribution in [2.45, 2.75) is 46.0 Å². The standard InChI is InChI=1S/C31H36N2O5S/c1-21(2)26-15-10-16-27(22(3)4)30(26)38-39(35,36)32-31(34)29-20-33(24-12-7-6-8-13-24)18-17-28(29)23-11-9-14-25(19-23)37-5/h6-16,19,21-22H,17-18,20H2,1-5H3,(H,32,34). The number of para-hydroxylation sites is 2. The fourth-order valence-corrected chi connectivity index (χ4v) is 5.65. The van der Waals surface area contributed by atoms with Gasteiger partial charge >= 0.3 is 10.3 Å². The molecule has 4 rings (SSSR count). The van der Waals surface area contributed by atoms with E-state index in [0.29, 0.717) is 24.3 Å². The summed E-state index contributed by atoms with van der Waals surface area (Å²) < 4.78 is 39.8. The minimum absolute atomic E-state index is 0.0322. The molecule has 206 valence electrons. The lowest BCUT2D eigenvalue weighted by atomic mass is 9.92. The van der Waals surface area contributed by atoms with Crippen LogP contribution >= 0.6 is 0 Å². The van der Waals surface area contributed by atoms with Crippen LogP contribution in [-0.4, -0.2) is 34.5 Å². The van der Waals surface area contributed by atoms with Gasteiger partial charge in [0, 0.05) is 24.4 Å². The number of hydrogen-bond donors (Lipinski definition) is 1. The van der Waals surface area contributed by atoms with Crippen LogP contribution in [0.1, 0.15) is 62.6 Å². The van der Waals surface area contributed by atoms with Gasteiger partial charge in [0.1, 0.15) is 5.75 Å². The van der Waals surface area contributed by atoms with Crippen LogP contribution in [0, 0.1) is 0 Å². The van der Waals surface area contributed by atoms with Gasteiger partial charge in [-0.2, -0.15) is 8.42 Å². The van der Waals surface area contributed by atoms with Crippen LogP contribution in [0.15, 0.2) is 78.4 Å². The fraction of sp³-hybridized carbons (Fsp3) is 0.323. The van der Waals surface area contributed by atoms with E-state index in [1.54, 1.807) is 7.11 Å². The Bertz CT molecular complexity index is 1440. The van der Waals surface area contributed by atoms with Gasteiger partial charge in [0.15, 0.2) is 5.75 Å². The predicted molar refractivity (Wildman–Crippen MR) is 155 cm³/mol. The monoisotopic (exact) mass is 548 g/mol. The first-order valence-corrected chi connectivity index (χ1v) is 14.6. The van der Waals surface area contributed by atoms with E-state index in [1.165, 1.54) is 0 Å². The molecular weight excluding hydrogens is 512 g/mol. The summed E-state index contributed by atoms with van der Waals surface area (Å²) in [6.45, 7) is 8.82. The Kier molecular flexibility index (Phi) is 8.65. The predicted octanol–water partition coefficient (Wildman–Crippen LogP) is 6.05. The van der Waals surface area contributed by atoms with Crippen molar-refractivity contribution < 1.29 is 22.1 Å². The Morgan fingerprint density at radius 1 is 0.897 bits per heavy atom. The van der Waals surface area contributed by atoms with E-state index < -0.39 is 16.2 Å². The van der Waals surface area contributed by atoms with Crippen molar-refractivity contribution in [2.24, 2.45) is 0 Å². The molecular formula is C31H36N2O5S. The summed E-state index contributed by atoms with van der Waals surface area (Å²) in [5, 5.41) is 0. The van der Waals surface area contributed by atoms with Crippen molar-refractivity contribution in [1.29, 1.82) is 0 Å². The molecule has 0 fully saturated rings. The summed E-state index contributed by atoms with van der Waals surface area (Å²) in [5.41, 5.74) is 4.45. The fourth-order valence-electron chi connectivity index (χ4n) is 4.85. The van der Waals surface area contributed by atoms with Crippen LogP contribution in [0.5, 0.6) is 11.5 Å². The molecule has 3 aromatic rings.